The third-order valence-electron chi connectivity index (χ3n) is 4.49. The minimum absolute atomic E-state index is 0.166. The second-order valence-corrected chi connectivity index (χ2v) is 17.1. The maximum Gasteiger partial charge on any atom is 0.424 e. The molecule has 0 atom stereocenters. The number of hydrogen-bond donors (Lipinski definition) is 0. The monoisotopic (exact) mass is 503 g/mol. The molecule has 2 aromatic rings. The number of fused-ring (bicyclic) bond motifs is 1. The molecule has 9 heteroatoms. The van der Waals surface area contributed by atoms with E-state index in [1.807, 2.05) is 0 Å². The predicted molar refractivity (Wildman–Crippen MR) is 141 cm³/mol. The molecule has 1 aromatic carbocycles. The lowest BCUT2D eigenvalue weighted by molar-refractivity contribution is 0.0431. The summed E-state index contributed by atoms with van der Waals surface area (Å²) in [5, 5.41) is 0.366. The second kappa shape index (κ2) is 10.7. The van der Waals surface area contributed by atoms with Crippen LogP contribution in [0.1, 0.15) is 47.1 Å². The lowest BCUT2D eigenvalue weighted by atomic mass is 10.1. The minimum Gasteiger partial charge on any atom is -0.501 e. The molecule has 35 heavy (non-hydrogen) atoms. The normalized spacial score (nSPS) is 12.6. The zero-order valence-corrected chi connectivity index (χ0v) is 23.2. The fraction of sp³-hybridized carbons (Fsp3) is 0.500. The Bertz CT molecular complexity index is 1120. The van der Waals surface area contributed by atoms with Gasteiger partial charge in [0.25, 0.3) is 0 Å². The average Bonchev–Trinajstić information content (AvgIpc) is 2.65. The quantitative estimate of drug-likeness (QED) is 0.185. The standard InChI is InChI=1S/C26H37NO7Si/c1-25(2,3)33-23(29)27(24(30)34-26(4,5)6)22-18(14-15-31-16-17-35(7,8)9)10-12-20-19(22)11-13-21(28)32-20/h10-15H,16-17H2,1-9H3. The van der Waals surface area contributed by atoms with Crippen LogP contribution in [0.4, 0.5) is 15.3 Å². The molecule has 1 aromatic heterocycles. The number of anilines is 1. The zero-order valence-electron chi connectivity index (χ0n) is 22.2. The van der Waals surface area contributed by atoms with Crippen LogP contribution in [-0.4, -0.2) is 38.1 Å². The summed E-state index contributed by atoms with van der Waals surface area (Å²) in [4.78, 5) is 39.2. The highest BCUT2D eigenvalue weighted by Gasteiger charge is 2.35. The summed E-state index contributed by atoms with van der Waals surface area (Å²) >= 11 is 0. The van der Waals surface area contributed by atoms with E-state index < -0.39 is 37.1 Å². The third-order valence-corrected chi connectivity index (χ3v) is 6.20. The van der Waals surface area contributed by atoms with E-state index in [0.717, 1.165) is 10.9 Å². The van der Waals surface area contributed by atoms with Crippen molar-refractivity contribution in [2.75, 3.05) is 11.5 Å². The van der Waals surface area contributed by atoms with Crippen LogP contribution in [0.15, 0.2) is 39.7 Å². The molecule has 2 rings (SSSR count). The maximum absolute atomic E-state index is 13.3. The van der Waals surface area contributed by atoms with Crippen molar-refractivity contribution < 1.29 is 28.2 Å². The van der Waals surface area contributed by atoms with Gasteiger partial charge in [0, 0.05) is 25.1 Å². The molecule has 0 bridgehead atoms. The Morgan fingerprint density at radius 3 is 2.03 bits per heavy atom. The molecule has 0 saturated heterocycles. The summed E-state index contributed by atoms with van der Waals surface area (Å²) in [6.45, 7) is 17.5. The Kier molecular flexibility index (Phi) is 8.59. The molecule has 0 aliphatic carbocycles. The summed E-state index contributed by atoms with van der Waals surface area (Å²) in [7, 11) is -1.26. The fourth-order valence-corrected chi connectivity index (χ4v) is 3.69. The van der Waals surface area contributed by atoms with Gasteiger partial charge in [0.05, 0.1) is 18.6 Å². The molecule has 0 saturated carbocycles. The van der Waals surface area contributed by atoms with Crippen LogP contribution in [-0.2, 0) is 14.2 Å². The number of rotatable bonds is 6. The first-order valence-corrected chi connectivity index (χ1v) is 15.3. The molecular formula is C26H37NO7Si. The van der Waals surface area contributed by atoms with Crippen LogP contribution in [0, 0.1) is 0 Å². The highest BCUT2D eigenvalue weighted by molar-refractivity contribution is 6.76. The van der Waals surface area contributed by atoms with Gasteiger partial charge in [-0.2, -0.15) is 4.90 Å². The van der Waals surface area contributed by atoms with Gasteiger partial charge in [-0.05, 0) is 71.9 Å². The van der Waals surface area contributed by atoms with E-state index >= 15 is 0 Å². The largest absolute Gasteiger partial charge is 0.501 e. The van der Waals surface area contributed by atoms with Gasteiger partial charge in [-0.25, -0.2) is 14.4 Å². The van der Waals surface area contributed by atoms with E-state index in [9.17, 15) is 14.4 Å². The SMILES string of the molecule is CC(C)(C)OC(=O)N(C(=O)OC(C)(C)C)c1c(C=COCC[Si](C)(C)C)ccc2oc(=O)ccc12. The molecule has 0 aliphatic heterocycles. The molecule has 8 nitrogen and oxygen atoms in total. The molecule has 2 amide bonds. The minimum atomic E-state index is -1.26. The zero-order chi connectivity index (χ0) is 26.6. The number of amides is 2. The van der Waals surface area contributed by atoms with Crippen LogP contribution >= 0.6 is 0 Å². The Hall–Kier alpha value is -3.07. The predicted octanol–water partition coefficient (Wildman–Crippen LogP) is 6.80. The summed E-state index contributed by atoms with van der Waals surface area (Å²) < 4.78 is 22.1. The van der Waals surface area contributed by atoms with Gasteiger partial charge in [0.1, 0.15) is 16.8 Å². The number of imide groups is 1. The Balaban J connectivity index is 2.64. The van der Waals surface area contributed by atoms with Crippen LogP contribution < -0.4 is 10.5 Å². The first kappa shape index (κ1) is 28.2. The van der Waals surface area contributed by atoms with Crippen molar-refractivity contribution in [3.05, 3.63) is 46.5 Å². The summed E-state index contributed by atoms with van der Waals surface area (Å²) in [5.41, 5.74) is -1.44. The molecule has 1 heterocycles. The average molecular weight is 504 g/mol. The summed E-state index contributed by atoms with van der Waals surface area (Å²) in [5.74, 6) is 0. The van der Waals surface area contributed by atoms with Gasteiger partial charge >= 0.3 is 17.8 Å². The summed E-state index contributed by atoms with van der Waals surface area (Å²) in [6, 6.07) is 6.95. The molecule has 0 spiro atoms. The molecule has 0 N–H and O–H groups in total. The van der Waals surface area contributed by atoms with E-state index in [1.165, 1.54) is 18.4 Å². The molecule has 0 aliphatic rings. The number of benzene rings is 1. The summed E-state index contributed by atoms with van der Waals surface area (Å²) in [6.07, 6.45) is 1.36. The first-order valence-electron chi connectivity index (χ1n) is 11.6. The first-order chi connectivity index (χ1) is 16.0. The number of hydrogen-bond acceptors (Lipinski definition) is 7. The van der Waals surface area contributed by atoms with E-state index in [-0.39, 0.29) is 11.3 Å². The highest BCUT2D eigenvalue weighted by atomic mass is 28.3. The number of ether oxygens (including phenoxy) is 3. The number of nitrogens with zero attached hydrogens (tertiary/aromatic N) is 1. The molecule has 0 radical (unpaired) electrons. The third kappa shape index (κ3) is 8.90. The van der Waals surface area contributed by atoms with Gasteiger partial charge in [-0.1, -0.05) is 19.6 Å². The number of carbonyl (C=O) groups excluding carboxylic acids is 2. The van der Waals surface area contributed by atoms with Crippen molar-refractivity contribution in [3.8, 4) is 0 Å². The number of carbonyl (C=O) groups is 2. The maximum atomic E-state index is 13.3. The lowest BCUT2D eigenvalue weighted by Gasteiger charge is -2.29. The van der Waals surface area contributed by atoms with Crippen molar-refractivity contribution in [3.63, 3.8) is 0 Å². The molecule has 0 unspecified atom stereocenters. The van der Waals surface area contributed by atoms with E-state index in [1.54, 1.807) is 59.8 Å². The van der Waals surface area contributed by atoms with Gasteiger partial charge < -0.3 is 18.6 Å². The van der Waals surface area contributed by atoms with Gasteiger partial charge in [0.15, 0.2) is 0 Å². The molecule has 0 fully saturated rings. The van der Waals surface area contributed by atoms with Crippen molar-refractivity contribution in [1.82, 2.24) is 0 Å². The van der Waals surface area contributed by atoms with Crippen LogP contribution in [0.5, 0.6) is 0 Å². The highest BCUT2D eigenvalue weighted by Crippen LogP contribution is 2.34. The molecular weight excluding hydrogens is 466 g/mol. The Morgan fingerprint density at radius 2 is 1.51 bits per heavy atom. The van der Waals surface area contributed by atoms with Crippen molar-refractivity contribution >= 4 is 43.0 Å². The topological polar surface area (TPSA) is 95.3 Å². The van der Waals surface area contributed by atoms with Crippen LogP contribution in [0.3, 0.4) is 0 Å². The van der Waals surface area contributed by atoms with Crippen LogP contribution in [0.2, 0.25) is 25.7 Å². The molecule has 192 valence electrons. The van der Waals surface area contributed by atoms with Gasteiger partial charge in [-0.3, -0.25) is 0 Å². The van der Waals surface area contributed by atoms with E-state index in [2.05, 4.69) is 19.6 Å². The fourth-order valence-electron chi connectivity index (χ4n) is 2.96. The lowest BCUT2D eigenvalue weighted by Crippen LogP contribution is -2.44. The van der Waals surface area contributed by atoms with Crippen molar-refractivity contribution in [1.29, 1.82) is 0 Å². The van der Waals surface area contributed by atoms with Crippen molar-refractivity contribution in [2.45, 2.75) is 78.4 Å². The Labute approximate surface area is 207 Å². The smallest absolute Gasteiger partial charge is 0.424 e. The van der Waals surface area contributed by atoms with E-state index in [4.69, 9.17) is 18.6 Å². The van der Waals surface area contributed by atoms with Gasteiger partial charge in [0.2, 0.25) is 0 Å². The van der Waals surface area contributed by atoms with Crippen LogP contribution in [0.25, 0.3) is 17.0 Å². The Morgan fingerprint density at radius 1 is 0.943 bits per heavy atom. The van der Waals surface area contributed by atoms with Crippen molar-refractivity contribution in [2.24, 2.45) is 0 Å². The second-order valence-electron chi connectivity index (χ2n) is 11.4. The van der Waals surface area contributed by atoms with Gasteiger partial charge in [-0.15, -0.1) is 0 Å². The van der Waals surface area contributed by atoms with E-state index in [0.29, 0.717) is 17.6 Å².